The molecule has 0 spiro atoms. The van der Waals surface area contributed by atoms with E-state index in [0.717, 1.165) is 57.8 Å². The Morgan fingerprint density at radius 2 is 1.07 bits per heavy atom. The summed E-state index contributed by atoms with van der Waals surface area (Å²) in [5.41, 5.74) is 0. The summed E-state index contributed by atoms with van der Waals surface area (Å²) in [6.07, 6.45) is 37.4. The normalized spacial score (nSPS) is 14.4. The molecule has 268 valence electrons. The van der Waals surface area contributed by atoms with Gasteiger partial charge in [0.05, 0.1) is 18.8 Å². The van der Waals surface area contributed by atoms with Crippen LogP contribution in [0.3, 0.4) is 0 Å². The summed E-state index contributed by atoms with van der Waals surface area (Å²) >= 11 is 0. The molecule has 45 heavy (non-hydrogen) atoms. The summed E-state index contributed by atoms with van der Waals surface area (Å²) in [6.45, 7) is 3.97. The van der Waals surface area contributed by atoms with Crippen LogP contribution in [-0.4, -0.2) is 34.7 Å². The summed E-state index contributed by atoms with van der Waals surface area (Å²) < 4.78 is 15.6. The van der Waals surface area contributed by atoms with Crippen LogP contribution in [0.15, 0.2) is 24.3 Å². The molecule has 0 aliphatic rings. The molecule has 0 saturated heterocycles. The number of amides is 1. The number of allylic oxidation sites excluding steroid dienone is 3. The average molecular weight is 661 g/mol. The summed E-state index contributed by atoms with van der Waals surface area (Å²) in [7, 11) is -4.96. The molecule has 0 aliphatic carbocycles. The molecule has 7 N–H and O–H groups in total. The van der Waals surface area contributed by atoms with Gasteiger partial charge in [-0.1, -0.05) is 154 Å². The zero-order chi connectivity index (χ0) is 32.6. The van der Waals surface area contributed by atoms with Crippen LogP contribution < -0.4 is 16.4 Å². The van der Waals surface area contributed by atoms with Crippen molar-refractivity contribution in [1.29, 1.82) is 0 Å². The largest absolute Gasteiger partial charge is 0.756 e. The fourth-order valence-corrected chi connectivity index (χ4v) is 5.68. The molecule has 0 aromatic heterocycles. The second kappa shape index (κ2) is 34.3. The monoisotopic (exact) mass is 661 g/mol. The van der Waals surface area contributed by atoms with E-state index in [1.54, 1.807) is 6.08 Å². The van der Waals surface area contributed by atoms with E-state index in [4.69, 9.17) is 4.89 Å². The molecule has 0 fully saturated rings. The number of aliphatic hydroxyl groups excluding tert-OH is 1. The van der Waals surface area contributed by atoms with Crippen LogP contribution >= 0.6 is 7.82 Å². The van der Waals surface area contributed by atoms with Gasteiger partial charge in [-0.2, -0.15) is 0 Å². The van der Waals surface area contributed by atoms with E-state index < -0.39 is 26.6 Å². The molecule has 3 atom stereocenters. The Labute approximate surface area is 277 Å². The van der Waals surface area contributed by atoms with Gasteiger partial charge in [0.1, 0.15) is 0 Å². The number of quaternary nitrogens is 1. The third-order valence-corrected chi connectivity index (χ3v) is 8.62. The van der Waals surface area contributed by atoms with Crippen molar-refractivity contribution in [2.45, 2.75) is 193 Å². The summed E-state index contributed by atoms with van der Waals surface area (Å²) in [4.78, 5) is 32.6. The van der Waals surface area contributed by atoms with E-state index in [2.05, 4.69) is 35.8 Å². The Bertz CT molecular complexity index is 743. The van der Waals surface area contributed by atoms with Crippen LogP contribution in [0.25, 0.3) is 0 Å². The van der Waals surface area contributed by atoms with Crippen molar-refractivity contribution in [3.63, 3.8) is 0 Å². The maximum atomic E-state index is 12.5. The number of carbonyl (C=O) groups is 1. The van der Waals surface area contributed by atoms with Gasteiger partial charge in [0.15, 0.2) is 0 Å². The van der Waals surface area contributed by atoms with Crippen LogP contribution in [-0.2, 0) is 13.9 Å². The molecule has 0 rings (SSSR count). The summed E-state index contributed by atoms with van der Waals surface area (Å²) in [5.74, 6) is -0.257. The fourth-order valence-electron chi connectivity index (χ4n) is 5.33. The highest BCUT2D eigenvalue weighted by Crippen LogP contribution is 2.30. The lowest BCUT2D eigenvalue weighted by molar-refractivity contribution is -0.220. The third kappa shape index (κ3) is 35.7. The zero-order valence-corrected chi connectivity index (χ0v) is 30.4. The molecule has 1 amide bonds. The molecule has 0 aromatic carbocycles. The SMILES string of the molecule is CCCCCCCC/C=C/CCCCCCCC(=O)N[C@@H](COP(=O)([O-])O)[C@H](O)/C=C/CCCCCCCCCCCCC.[NH4+]. The van der Waals surface area contributed by atoms with Crippen molar-refractivity contribution < 1.29 is 28.8 Å². The first kappa shape index (κ1) is 46.1. The molecule has 0 radical (unpaired) electrons. The van der Waals surface area contributed by atoms with Crippen molar-refractivity contribution in [2.24, 2.45) is 0 Å². The molecule has 0 saturated carbocycles. The highest BCUT2D eigenvalue weighted by atomic mass is 31.2. The van der Waals surface area contributed by atoms with E-state index in [0.29, 0.717) is 6.42 Å². The number of rotatable bonds is 33. The first-order chi connectivity index (χ1) is 21.3. The predicted molar refractivity (Wildman–Crippen MR) is 189 cm³/mol. The second-order valence-corrected chi connectivity index (χ2v) is 13.7. The van der Waals surface area contributed by atoms with E-state index in [-0.39, 0.29) is 12.1 Å². The molecule has 0 aliphatic heterocycles. The van der Waals surface area contributed by atoms with E-state index in [1.807, 2.05) is 6.08 Å². The molecule has 0 heterocycles. The fraction of sp³-hybridized carbons (Fsp3) is 0.861. The van der Waals surface area contributed by atoms with Crippen LogP contribution in [0.1, 0.15) is 181 Å². The lowest BCUT2D eigenvalue weighted by Gasteiger charge is -2.25. The Hall–Kier alpha value is -1.02. The minimum atomic E-state index is -4.96. The molecule has 9 heteroatoms. The van der Waals surface area contributed by atoms with Crippen LogP contribution in [0.4, 0.5) is 0 Å². The molecule has 1 unspecified atom stereocenters. The van der Waals surface area contributed by atoms with Crippen LogP contribution in [0.2, 0.25) is 0 Å². The smallest absolute Gasteiger partial charge is 0.265 e. The van der Waals surface area contributed by atoms with Crippen molar-refractivity contribution in [3.05, 3.63) is 24.3 Å². The maximum Gasteiger partial charge on any atom is 0.265 e. The number of hydrogen-bond donors (Lipinski definition) is 4. The minimum Gasteiger partial charge on any atom is -0.756 e. The van der Waals surface area contributed by atoms with E-state index in [1.165, 1.54) is 103 Å². The number of nitrogens with one attached hydrogen (secondary N) is 1. The number of aliphatic hydroxyl groups is 1. The predicted octanol–water partition coefficient (Wildman–Crippen LogP) is 9.98. The first-order valence-electron chi connectivity index (χ1n) is 18.3. The summed E-state index contributed by atoms with van der Waals surface area (Å²) in [5, 5.41) is 13.3. The first-order valence-corrected chi connectivity index (χ1v) is 19.8. The quantitative estimate of drug-likeness (QED) is 0.0312. The van der Waals surface area contributed by atoms with Gasteiger partial charge in [-0.05, 0) is 44.9 Å². The number of unbranched alkanes of at least 4 members (excludes halogenated alkanes) is 22. The average Bonchev–Trinajstić information content (AvgIpc) is 2.99. The molecular formula is C36H73N2O6P. The zero-order valence-electron chi connectivity index (χ0n) is 29.5. The van der Waals surface area contributed by atoms with Gasteiger partial charge in [-0.25, -0.2) is 0 Å². The number of phosphoric acid groups is 1. The van der Waals surface area contributed by atoms with Crippen molar-refractivity contribution in [1.82, 2.24) is 11.5 Å². The Kier molecular flexibility index (Phi) is 35.2. The number of phosphoric ester groups is 1. The number of carbonyl (C=O) groups excluding carboxylic acids is 1. The van der Waals surface area contributed by atoms with Crippen LogP contribution in [0, 0.1) is 0 Å². The molecule has 8 nitrogen and oxygen atoms in total. The van der Waals surface area contributed by atoms with Crippen molar-refractivity contribution in [2.75, 3.05) is 6.61 Å². The third-order valence-electron chi connectivity index (χ3n) is 8.15. The Morgan fingerprint density at radius 1 is 0.689 bits per heavy atom. The highest BCUT2D eigenvalue weighted by molar-refractivity contribution is 7.44. The Balaban J connectivity index is 0. The van der Waals surface area contributed by atoms with Crippen molar-refractivity contribution in [3.8, 4) is 0 Å². The molecular weight excluding hydrogens is 587 g/mol. The highest BCUT2D eigenvalue weighted by Gasteiger charge is 2.21. The van der Waals surface area contributed by atoms with Crippen molar-refractivity contribution >= 4 is 13.7 Å². The summed E-state index contributed by atoms with van der Waals surface area (Å²) in [6, 6.07) is -0.950. The second-order valence-electron chi connectivity index (χ2n) is 12.5. The lowest BCUT2D eigenvalue weighted by atomic mass is 10.0. The maximum absolute atomic E-state index is 12.5. The van der Waals surface area contributed by atoms with Gasteiger partial charge >= 0.3 is 0 Å². The van der Waals surface area contributed by atoms with Gasteiger partial charge < -0.3 is 30.9 Å². The van der Waals surface area contributed by atoms with Gasteiger partial charge in [0, 0.05) is 6.42 Å². The molecule has 0 bridgehead atoms. The topological polar surface area (TPSA) is 155 Å². The number of hydrogen-bond acceptors (Lipinski definition) is 5. The van der Waals surface area contributed by atoms with Gasteiger partial charge in [0.25, 0.3) is 7.82 Å². The van der Waals surface area contributed by atoms with E-state index >= 15 is 0 Å². The van der Waals surface area contributed by atoms with E-state index in [9.17, 15) is 19.4 Å². The lowest BCUT2D eigenvalue weighted by Crippen LogP contribution is -2.45. The standard InChI is InChI=1S/C36H70NO6P.H3N/c1-3-5-7-9-11-13-15-17-18-20-22-24-26-28-30-32-36(39)37-34(33-43-44(40,41)42)35(38)31-29-27-25-23-21-19-16-14-12-10-8-6-4-2;/h17-18,29,31,34-35,38H,3-16,19-28,30,32-33H2,1-2H3,(H,37,39)(H2,40,41,42);1H3/b18-17+,31-29+;/t34-,35+;/m0./s1. The van der Waals surface area contributed by atoms with Gasteiger partial charge in [-0.3, -0.25) is 9.36 Å². The molecule has 0 aromatic rings. The van der Waals surface area contributed by atoms with Gasteiger partial charge in [0.2, 0.25) is 5.91 Å². The van der Waals surface area contributed by atoms with Crippen LogP contribution in [0.5, 0.6) is 0 Å². The van der Waals surface area contributed by atoms with Gasteiger partial charge in [-0.15, -0.1) is 0 Å². The minimum absolute atomic E-state index is 0. The Morgan fingerprint density at radius 3 is 1.49 bits per heavy atom.